The highest BCUT2D eigenvalue weighted by molar-refractivity contribution is 6.04. The topological polar surface area (TPSA) is 106 Å². The van der Waals surface area contributed by atoms with Crippen molar-refractivity contribution in [2.45, 2.75) is 18.9 Å². The average Bonchev–Trinajstić information content (AvgIpc) is 3.35. The van der Waals surface area contributed by atoms with E-state index in [-0.39, 0.29) is 54.3 Å². The molecule has 0 atom stereocenters. The molecule has 0 aliphatic carbocycles. The van der Waals surface area contributed by atoms with E-state index in [4.69, 9.17) is 0 Å². The summed E-state index contributed by atoms with van der Waals surface area (Å²) < 4.78 is 43.6. The second-order valence-electron chi connectivity index (χ2n) is 9.06. The van der Waals surface area contributed by atoms with Crippen LogP contribution >= 0.6 is 0 Å². The molecule has 9 nitrogen and oxygen atoms in total. The molecule has 1 fully saturated rings. The predicted molar refractivity (Wildman–Crippen MR) is 132 cm³/mol. The molecule has 192 valence electrons. The number of likely N-dealkylation sites (tertiary alicyclic amines) is 1. The van der Waals surface area contributed by atoms with Gasteiger partial charge in [0, 0.05) is 30.6 Å². The maximum atomic E-state index is 14.1. The number of halogens is 3. The van der Waals surface area contributed by atoms with Crippen LogP contribution in [0.1, 0.15) is 29.4 Å². The molecule has 5 aromatic rings. The van der Waals surface area contributed by atoms with Gasteiger partial charge >= 0.3 is 5.69 Å². The van der Waals surface area contributed by atoms with Crippen LogP contribution < -0.4 is 11.2 Å². The molecule has 0 unspecified atom stereocenters. The van der Waals surface area contributed by atoms with Crippen LogP contribution in [0.4, 0.5) is 13.2 Å². The van der Waals surface area contributed by atoms with Crippen molar-refractivity contribution >= 4 is 27.8 Å². The Labute approximate surface area is 211 Å². The molecular weight excluding hydrogens is 501 g/mol. The van der Waals surface area contributed by atoms with Crippen LogP contribution in [-0.4, -0.2) is 48.2 Å². The monoisotopic (exact) mass is 520 g/mol. The number of fused-ring (bicyclic) bond motifs is 2. The van der Waals surface area contributed by atoms with Gasteiger partial charge in [-0.25, -0.2) is 27.5 Å². The van der Waals surface area contributed by atoms with Gasteiger partial charge in [0.2, 0.25) is 0 Å². The molecule has 1 amide bonds. The number of aromatic nitrogens is 5. The molecule has 2 aromatic carbocycles. The first-order chi connectivity index (χ1) is 18.3. The Balaban J connectivity index is 1.38. The SMILES string of the molecule is O=C(c1n[nH]c2ccccc12)N1CCC(n2c(=O)c3cc(F)cnc3n(-c3ccc(F)c(F)c3)c2=O)CC1. The van der Waals surface area contributed by atoms with Gasteiger partial charge in [-0.1, -0.05) is 18.2 Å². The predicted octanol–water partition coefficient (Wildman–Crippen LogP) is 3.32. The van der Waals surface area contributed by atoms with Crippen LogP contribution in [0.3, 0.4) is 0 Å². The molecule has 6 rings (SSSR count). The summed E-state index contributed by atoms with van der Waals surface area (Å²) in [4.78, 5) is 45.6. The van der Waals surface area contributed by atoms with E-state index in [0.29, 0.717) is 5.39 Å². The van der Waals surface area contributed by atoms with Crippen LogP contribution in [0.5, 0.6) is 0 Å². The fourth-order valence-electron chi connectivity index (χ4n) is 4.96. The second kappa shape index (κ2) is 8.98. The van der Waals surface area contributed by atoms with Crippen molar-refractivity contribution in [3.05, 3.63) is 98.7 Å². The summed E-state index contributed by atoms with van der Waals surface area (Å²) in [6, 6.07) is 10.4. The maximum Gasteiger partial charge on any atom is 0.337 e. The fraction of sp³-hybridized carbons (Fsp3) is 0.192. The van der Waals surface area contributed by atoms with Gasteiger partial charge in [0.1, 0.15) is 5.82 Å². The van der Waals surface area contributed by atoms with Gasteiger partial charge in [-0.3, -0.25) is 19.3 Å². The Kier molecular flexibility index (Phi) is 5.59. The number of H-pyrrole nitrogens is 1. The lowest BCUT2D eigenvalue weighted by atomic mass is 10.0. The molecule has 1 aliphatic heterocycles. The first-order valence-electron chi connectivity index (χ1n) is 11.8. The van der Waals surface area contributed by atoms with Crippen LogP contribution in [-0.2, 0) is 0 Å². The molecule has 0 bridgehead atoms. The van der Waals surface area contributed by atoms with Crippen molar-refractivity contribution in [1.29, 1.82) is 0 Å². The molecule has 4 heterocycles. The summed E-state index contributed by atoms with van der Waals surface area (Å²) in [5.41, 5.74) is -0.808. The molecule has 1 N–H and O–H groups in total. The smallest absolute Gasteiger partial charge is 0.337 e. The highest BCUT2D eigenvalue weighted by Gasteiger charge is 2.30. The molecule has 0 spiro atoms. The van der Waals surface area contributed by atoms with E-state index < -0.39 is 34.7 Å². The Morgan fingerprint density at radius 1 is 0.947 bits per heavy atom. The number of hydrogen-bond acceptors (Lipinski definition) is 5. The van der Waals surface area contributed by atoms with Gasteiger partial charge in [0.05, 0.1) is 22.8 Å². The zero-order valence-corrected chi connectivity index (χ0v) is 19.7. The Bertz CT molecular complexity index is 1850. The van der Waals surface area contributed by atoms with Gasteiger partial charge in [-0.2, -0.15) is 5.10 Å². The number of aromatic amines is 1. The van der Waals surface area contributed by atoms with Crippen molar-refractivity contribution in [2.24, 2.45) is 0 Å². The quantitative estimate of drug-likeness (QED) is 0.393. The van der Waals surface area contributed by atoms with E-state index in [1.165, 1.54) is 6.07 Å². The van der Waals surface area contributed by atoms with Crippen LogP contribution in [0, 0.1) is 17.5 Å². The second-order valence-corrected chi connectivity index (χ2v) is 9.06. The summed E-state index contributed by atoms with van der Waals surface area (Å²) in [7, 11) is 0. The van der Waals surface area contributed by atoms with E-state index in [9.17, 15) is 27.6 Å². The number of piperidine rings is 1. The van der Waals surface area contributed by atoms with Crippen molar-refractivity contribution in [3.8, 4) is 5.69 Å². The number of benzene rings is 2. The molecule has 0 saturated carbocycles. The maximum absolute atomic E-state index is 14.1. The highest BCUT2D eigenvalue weighted by atomic mass is 19.2. The van der Waals surface area contributed by atoms with E-state index in [2.05, 4.69) is 15.2 Å². The average molecular weight is 520 g/mol. The summed E-state index contributed by atoms with van der Waals surface area (Å²) in [5.74, 6) is -3.37. The third kappa shape index (κ3) is 3.76. The summed E-state index contributed by atoms with van der Waals surface area (Å²) in [6.45, 7) is 0.475. The zero-order chi connectivity index (χ0) is 26.6. The summed E-state index contributed by atoms with van der Waals surface area (Å²) >= 11 is 0. The molecule has 1 aliphatic rings. The van der Waals surface area contributed by atoms with E-state index in [1.54, 1.807) is 11.0 Å². The molecule has 1 saturated heterocycles. The van der Waals surface area contributed by atoms with E-state index >= 15 is 0 Å². The van der Waals surface area contributed by atoms with Gasteiger partial charge in [0.25, 0.3) is 11.5 Å². The number of rotatable bonds is 3. The Morgan fingerprint density at radius 2 is 1.71 bits per heavy atom. The first kappa shape index (κ1) is 23.6. The lowest BCUT2D eigenvalue weighted by Gasteiger charge is -2.32. The number of para-hydroxylation sites is 1. The molecular formula is C26H19F3N6O3. The molecule has 3 aromatic heterocycles. The van der Waals surface area contributed by atoms with Gasteiger partial charge in [-0.05, 0) is 37.1 Å². The Hall–Kier alpha value is -4.74. The number of hydrogen-bond donors (Lipinski definition) is 1. The van der Waals surface area contributed by atoms with E-state index in [1.807, 2.05) is 18.2 Å². The van der Waals surface area contributed by atoms with Gasteiger partial charge in [-0.15, -0.1) is 0 Å². The number of nitrogens with zero attached hydrogens (tertiary/aromatic N) is 5. The first-order valence-corrected chi connectivity index (χ1v) is 11.8. The minimum Gasteiger partial charge on any atom is -0.337 e. The van der Waals surface area contributed by atoms with Gasteiger partial charge in [0.15, 0.2) is 23.0 Å². The summed E-state index contributed by atoms with van der Waals surface area (Å²) in [5, 5.41) is 7.49. The number of amides is 1. The number of nitrogens with one attached hydrogen (secondary N) is 1. The number of carbonyl (C=O) groups is 1. The molecule has 0 radical (unpaired) electrons. The molecule has 38 heavy (non-hydrogen) atoms. The van der Waals surface area contributed by atoms with Crippen molar-refractivity contribution in [3.63, 3.8) is 0 Å². The minimum atomic E-state index is -1.19. The Morgan fingerprint density at radius 3 is 2.47 bits per heavy atom. The fourth-order valence-corrected chi connectivity index (χ4v) is 4.96. The largest absolute Gasteiger partial charge is 0.337 e. The van der Waals surface area contributed by atoms with Crippen molar-refractivity contribution in [1.82, 2.24) is 29.2 Å². The summed E-state index contributed by atoms with van der Waals surface area (Å²) in [6.07, 6.45) is 1.36. The number of pyridine rings is 1. The highest BCUT2D eigenvalue weighted by Crippen LogP contribution is 2.25. The van der Waals surface area contributed by atoms with Crippen LogP contribution in [0.25, 0.3) is 27.6 Å². The van der Waals surface area contributed by atoms with Crippen molar-refractivity contribution < 1.29 is 18.0 Å². The standard InChI is InChI=1S/C26H19F3N6O3/c27-14-11-18-23(30-13-14)34(16-5-6-19(28)20(29)12-16)26(38)35(24(18)36)15-7-9-33(10-8-15)25(37)22-17-3-1-2-4-21(17)31-32-22/h1-6,11-13,15H,7-10H2,(H,31,32). The zero-order valence-electron chi connectivity index (χ0n) is 19.7. The van der Waals surface area contributed by atoms with Crippen molar-refractivity contribution in [2.75, 3.05) is 13.1 Å². The lowest BCUT2D eigenvalue weighted by molar-refractivity contribution is 0.0687. The van der Waals surface area contributed by atoms with Crippen LogP contribution in [0.15, 0.2) is 64.3 Å². The third-order valence-corrected chi connectivity index (χ3v) is 6.84. The number of carbonyl (C=O) groups excluding carboxylic acids is 1. The third-order valence-electron chi connectivity index (χ3n) is 6.84. The minimum absolute atomic E-state index is 0.0650. The van der Waals surface area contributed by atoms with Gasteiger partial charge < -0.3 is 4.90 Å². The normalized spacial score (nSPS) is 14.4. The molecule has 12 heteroatoms. The lowest BCUT2D eigenvalue weighted by Crippen LogP contribution is -2.47. The van der Waals surface area contributed by atoms with Crippen LogP contribution in [0.2, 0.25) is 0 Å². The van der Waals surface area contributed by atoms with E-state index in [0.717, 1.165) is 39.0 Å².